The van der Waals surface area contributed by atoms with Crippen LogP contribution in [0.2, 0.25) is 0 Å². The molecule has 0 aromatic carbocycles. The predicted octanol–water partition coefficient (Wildman–Crippen LogP) is 1.94. The number of hydrogen-bond donors (Lipinski definition) is 4. The van der Waals surface area contributed by atoms with Gasteiger partial charge in [0.25, 0.3) is 11.8 Å². The van der Waals surface area contributed by atoms with Crippen LogP contribution in [0.15, 0.2) is 49.1 Å². The number of aromatic nitrogens is 2. The van der Waals surface area contributed by atoms with Crippen molar-refractivity contribution in [3.8, 4) is 0 Å². The summed E-state index contributed by atoms with van der Waals surface area (Å²) >= 11 is 1.59. The summed E-state index contributed by atoms with van der Waals surface area (Å²) < 4.78 is 0. The molecule has 1 atom stereocenters. The monoisotopic (exact) mass is 528 g/mol. The van der Waals surface area contributed by atoms with Gasteiger partial charge in [-0.3, -0.25) is 29.1 Å². The molecule has 4 amide bonds. The van der Waals surface area contributed by atoms with E-state index in [9.17, 15) is 19.2 Å². The summed E-state index contributed by atoms with van der Waals surface area (Å²) in [5.41, 5.74) is -0.550. The largest absolute Gasteiger partial charge is 0.350 e. The van der Waals surface area contributed by atoms with E-state index in [1.807, 2.05) is 34.0 Å². The Labute approximate surface area is 222 Å². The molecule has 4 N–H and O–H groups in total. The summed E-state index contributed by atoms with van der Waals surface area (Å²) in [6, 6.07) is 5.59. The van der Waals surface area contributed by atoms with Crippen molar-refractivity contribution in [2.75, 3.05) is 18.6 Å². The number of rotatable bonds is 13. The number of carbonyl (C=O) groups is 4. The van der Waals surface area contributed by atoms with E-state index in [0.29, 0.717) is 29.7 Å². The van der Waals surface area contributed by atoms with E-state index >= 15 is 0 Å². The minimum absolute atomic E-state index is 0.185. The normalized spacial score (nSPS) is 12.2. The van der Waals surface area contributed by atoms with Gasteiger partial charge in [-0.2, -0.15) is 11.8 Å². The molecule has 0 bridgehead atoms. The highest BCUT2D eigenvalue weighted by Gasteiger charge is 2.33. The van der Waals surface area contributed by atoms with E-state index in [1.54, 1.807) is 36.0 Å². The molecule has 1 unspecified atom stereocenters. The molecule has 0 fully saturated rings. The van der Waals surface area contributed by atoms with Gasteiger partial charge in [0, 0.05) is 47.0 Å². The van der Waals surface area contributed by atoms with E-state index in [4.69, 9.17) is 0 Å². The highest BCUT2D eigenvalue weighted by molar-refractivity contribution is 7.98. The SMILES string of the molecule is CSCCC(NC(=O)c1ccncc1)C(=O)NC(C)(C)CC(C)(C)NC(=O)CNC(=O)c1ccncc1. The summed E-state index contributed by atoms with van der Waals surface area (Å²) in [6.45, 7) is 7.23. The number of carbonyl (C=O) groups excluding carboxylic acids is 4. The molecule has 10 nitrogen and oxygen atoms in total. The third kappa shape index (κ3) is 10.6. The maximum Gasteiger partial charge on any atom is 0.252 e. The zero-order chi connectivity index (χ0) is 27.5. The lowest BCUT2D eigenvalue weighted by molar-refractivity contribution is -0.124. The third-order valence-electron chi connectivity index (χ3n) is 5.35. The first-order chi connectivity index (χ1) is 17.4. The molecule has 0 aliphatic rings. The van der Waals surface area contributed by atoms with Gasteiger partial charge in [0.05, 0.1) is 6.54 Å². The minimum atomic E-state index is -0.714. The van der Waals surface area contributed by atoms with Crippen molar-refractivity contribution in [2.45, 2.75) is 57.7 Å². The molecule has 0 spiro atoms. The lowest BCUT2D eigenvalue weighted by Gasteiger charge is -2.37. The topological polar surface area (TPSA) is 142 Å². The Bertz CT molecular complexity index is 1060. The van der Waals surface area contributed by atoms with E-state index in [1.165, 1.54) is 24.8 Å². The molecular formula is C26H36N6O4S. The highest BCUT2D eigenvalue weighted by Crippen LogP contribution is 2.20. The second-order valence-electron chi connectivity index (χ2n) is 9.94. The van der Waals surface area contributed by atoms with Crippen molar-refractivity contribution in [3.63, 3.8) is 0 Å². The number of thioether (sulfide) groups is 1. The Morgan fingerprint density at radius 2 is 1.35 bits per heavy atom. The molecule has 2 aromatic heterocycles. The van der Waals surface area contributed by atoms with Crippen LogP contribution in [0.5, 0.6) is 0 Å². The standard InChI is InChI=1S/C26H36N6O4S/c1-25(2,31-21(33)16-29-22(34)18-6-11-27-12-7-18)17-26(3,4)32-24(36)20(10-15-37-5)30-23(35)19-8-13-28-14-9-19/h6-9,11-14,20H,10,15-17H2,1-5H3,(H,29,34)(H,30,35)(H,31,33)(H,32,36). The summed E-state index contributed by atoms with van der Waals surface area (Å²) in [4.78, 5) is 58.3. The van der Waals surface area contributed by atoms with Crippen LogP contribution in [0, 0.1) is 0 Å². The Balaban J connectivity index is 1.93. The zero-order valence-electron chi connectivity index (χ0n) is 22.0. The first-order valence-corrected chi connectivity index (χ1v) is 13.3. The van der Waals surface area contributed by atoms with Crippen LogP contribution in [-0.4, -0.2) is 69.3 Å². The molecule has 11 heteroatoms. The van der Waals surface area contributed by atoms with Crippen LogP contribution in [0.4, 0.5) is 0 Å². The summed E-state index contributed by atoms with van der Waals surface area (Å²) in [7, 11) is 0. The van der Waals surface area contributed by atoms with Crippen molar-refractivity contribution in [3.05, 3.63) is 60.2 Å². The van der Waals surface area contributed by atoms with Crippen molar-refractivity contribution in [2.24, 2.45) is 0 Å². The number of hydrogen-bond acceptors (Lipinski definition) is 7. The minimum Gasteiger partial charge on any atom is -0.350 e. The maximum atomic E-state index is 13.2. The predicted molar refractivity (Wildman–Crippen MR) is 144 cm³/mol. The van der Waals surface area contributed by atoms with Gasteiger partial charge in [-0.05, 0) is 76.8 Å². The maximum absolute atomic E-state index is 13.2. The molecule has 0 saturated carbocycles. The number of pyridine rings is 2. The number of nitrogens with one attached hydrogen (secondary N) is 4. The molecule has 0 aliphatic carbocycles. The quantitative estimate of drug-likeness (QED) is 0.311. The van der Waals surface area contributed by atoms with E-state index in [2.05, 4.69) is 31.2 Å². The van der Waals surface area contributed by atoms with Crippen molar-refractivity contribution in [1.29, 1.82) is 0 Å². The first kappa shape index (κ1) is 29.8. The van der Waals surface area contributed by atoms with Gasteiger partial charge in [0.2, 0.25) is 11.8 Å². The van der Waals surface area contributed by atoms with Crippen LogP contribution in [0.25, 0.3) is 0 Å². The zero-order valence-corrected chi connectivity index (χ0v) is 22.8. The Hall–Kier alpha value is -3.47. The fourth-order valence-electron chi connectivity index (χ4n) is 4.05. The molecule has 2 aromatic rings. The van der Waals surface area contributed by atoms with Crippen LogP contribution in [0.3, 0.4) is 0 Å². The smallest absolute Gasteiger partial charge is 0.252 e. The van der Waals surface area contributed by atoms with Gasteiger partial charge in [-0.1, -0.05) is 0 Å². The highest BCUT2D eigenvalue weighted by atomic mass is 32.2. The van der Waals surface area contributed by atoms with Crippen LogP contribution >= 0.6 is 11.8 Å². The second kappa shape index (κ2) is 13.7. The van der Waals surface area contributed by atoms with Gasteiger partial charge >= 0.3 is 0 Å². The lowest BCUT2D eigenvalue weighted by Crippen LogP contribution is -2.58. The Morgan fingerprint density at radius 3 is 1.89 bits per heavy atom. The summed E-state index contributed by atoms with van der Waals surface area (Å²) in [5, 5.41) is 11.3. The molecule has 0 radical (unpaired) electrons. The average Bonchev–Trinajstić information content (AvgIpc) is 2.84. The van der Waals surface area contributed by atoms with E-state index in [0.717, 1.165) is 0 Å². The van der Waals surface area contributed by atoms with Crippen LogP contribution < -0.4 is 21.3 Å². The molecule has 0 saturated heterocycles. The fraction of sp³-hybridized carbons (Fsp3) is 0.462. The van der Waals surface area contributed by atoms with Crippen molar-refractivity contribution in [1.82, 2.24) is 31.2 Å². The van der Waals surface area contributed by atoms with Crippen molar-refractivity contribution >= 4 is 35.4 Å². The Kier molecular flexibility index (Phi) is 11.0. The molecule has 2 heterocycles. The van der Waals surface area contributed by atoms with E-state index in [-0.39, 0.29) is 30.2 Å². The molecule has 37 heavy (non-hydrogen) atoms. The molecule has 2 rings (SSSR count). The number of amides is 4. The molecule has 200 valence electrons. The van der Waals surface area contributed by atoms with Gasteiger partial charge in [0.1, 0.15) is 6.04 Å². The van der Waals surface area contributed by atoms with E-state index < -0.39 is 17.1 Å². The molecule has 0 aliphatic heterocycles. The second-order valence-corrected chi connectivity index (χ2v) is 10.9. The fourth-order valence-corrected chi connectivity index (χ4v) is 4.52. The van der Waals surface area contributed by atoms with Crippen LogP contribution in [0.1, 0.15) is 61.3 Å². The Morgan fingerprint density at radius 1 is 0.838 bits per heavy atom. The summed E-state index contributed by atoms with van der Waals surface area (Å²) in [6.07, 6.45) is 8.87. The van der Waals surface area contributed by atoms with Gasteiger partial charge < -0.3 is 21.3 Å². The van der Waals surface area contributed by atoms with Gasteiger partial charge in [-0.15, -0.1) is 0 Å². The third-order valence-corrected chi connectivity index (χ3v) is 5.99. The van der Waals surface area contributed by atoms with Gasteiger partial charge in [-0.25, -0.2) is 0 Å². The lowest BCUT2D eigenvalue weighted by atomic mass is 9.86. The van der Waals surface area contributed by atoms with Crippen LogP contribution in [-0.2, 0) is 9.59 Å². The van der Waals surface area contributed by atoms with Crippen molar-refractivity contribution < 1.29 is 19.2 Å². The average molecular weight is 529 g/mol. The first-order valence-electron chi connectivity index (χ1n) is 11.9. The number of nitrogens with zero attached hydrogens (tertiary/aromatic N) is 2. The molecular weight excluding hydrogens is 492 g/mol. The summed E-state index contributed by atoms with van der Waals surface area (Å²) in [5.74, 6) is -0.664. The van der Waals surface area contributed by atoms with Gasteiger partial charge in [0.15, 0.2) is 0 Å².